The van der Waals surface area contributed by atoms with Crippen LogP contribution in [-0.4, -0.2) is 16.0 Å². The van der Waals surface area contributed by atoms with Gasteiger partial charge >= 0.3 is 0 Å². The Hall–Kier alpha value is -1.81. The predicted octanol–water partition coefficient (Wildman–Crippen LogP) is 2.99. The molecule has 1 aliphatic rings. The molecular weight excluding hydrogens is 260 g/mol. The molecule has 3 N–H and O–H groups in total. The average molecular weight is 275 g/mol. The Bertz CT molecular complexity index is 600. The Morgan fingerprint density at radius 2 is 2.00 bits per heavy atom. The number of hydrogen-bond donors (Lipinski definition) is 2. The van der Waals surface area contributed by atoms with Crippen LogP contribution in [0.3, 0.4) is 0 Å². The lowest BCUT2D eigenvalue weighted by Gasteiger charge is -2.10. The van der Waals surface area contributed by atoms with Gasteiger partial charge in [0.1, 0.15) is 0 Å². The highest BCUT2D eigenvalue weighted by Gasteiger charge is 2.38. The number of benzene rings is 1. The summed E-state index contributed by atoms with van der Waals surface area (Å²) < 4.78 is 0. The summed E-state index contributed by atoms with van der Waals surface area (Å²) in [6, 6.07) is 10.8. The summed E-state index contributed by atoms with van der Waals surface area (Å²) >= 11 is 5.86. The fourth-order valence-corrected chi connectivity index (χ4v) is 2.47. The quantitative estimate of drug-likeness (QED) is 0.845. The molecule has 98 valence electrons. The molecule has 1 fully saturated rings. The van der Waals surface area contributed by atoms with E-state index in [1.165, 1.54) is 5.56 Å². The molecule has 5 heteroatoms. The van der Waals surface area contributed by atoms with Gasteiger partial charge in [0.15, 0.2) is 5.82 Å². The Balaban J connectivity index is 1.75. The Labute approximate surface area is 117 Å². The third-order valence-electron chi connectivity index (χ3n) is 3.45. The first-order valence-corrected chi connectivity index (χ1v) is 6.64. The van der Waals surface area contributed by atoms with E-state index in [4.69, 9.17) is 17.3 Å². The molecule has 1 aromatic carbocycles. The van der Waals surface area contributed by atoms with Crippen molar-refractivity contribution in [3.05, 3.63) is 46.9 Å². The number of hydrogen-bond acceptors (Lipinski definition) is 4. The molecule has 0 spiro atoms. The van der Waals surface area contributed by atoms with Crippen molar-refractivity contribution in [2.24, 2.45) is 0 Å². The lowest BCUT2D eigenvalue weighted by Crippen LogP contribution is -2.10. The SMILES string of the molecule is Cc1nc(Cl)nc(NC2CC2c2ccccc2)c1N. The van der Waals surface area contributed by atoms with E-state index in [1.807, 2.05) is 13.0 Å². The summed E-state index contributed by atoms with van der Waals surface area (Å²) in [7, 11) is 0. The number of nitrogens with one attached hydrogen (secondary N) is 1. The van der Waals surface area contributed by atoms with E-state index < -0.39 is 0 Å². The van der Waals surface area contributed by atoms with Gasteiger partial charge in [-0.25, -0.2) is 4.98 Å². The second kappa shape index (κ2) is 4.70. The van der Waals surface area contributed by atoms with Crippen LogP contribution in [0.25, 0.3) is 0 Å². The first kappa shape index (κ1) is 12.2. The third kappa shape index (κ3) is 2.49. The molecule has 0 amide bonds. The number of anilines is 2. The molecule has 2 atom stereocenters. The molecule has 4 nitrogen and oxygen atoms in total. The number of halogens is 1. The minimum absolute atomic E-state index is 0.228. The smallest absolute Gasteiger partial charge is 0.224 e. The van der Waals surface area contributed by atoms with Crippen molar-refractivity contribution < 1.29 is 0 Å². The Kier molecular flexibility index (Phi) is 3.03. The van der Waals surface area contributed by atoms with Crippen LogP contribution in [0.4, 0.5) is 11.5 Å². The number of aryl methyl sites for hydroxylation is 1. The van der Waals surface area contributed by atoms with Crippen molar-refractivity contribution in [2.45, 2.75) is 25.3 Å². The first-order valence-electron chi connectivity index (χ1n) is 6.26. The zero-order chi connectivity index (χ0) is 13.4. The highest BCUT2D eigenvalue weighted by molar-refractivity contribution is 6.28. The first-order chi connectivity index (χ1) is 9.15. The van der Waals surface area contributed by atoms with Gasteiger partial charge in [0.05, 0.1) is 11.4 Å². The Morgan fingerprint density at radius 3 is 2.74 bits per heavy atom. The minimum atomic E-state index is 0.228. The van der Waals surface area contributed by atoms with Gasteiger partial charge in [-0.05, 0) is 30.5 Å². The molecule has 3 rings (SSSR count). The largest absolute Gasteiger partial charge is 0.394 e. The van der Waals surface area contributed by atoms with E-state index in [1.54, 1.807) is 0 Å². The highest BCUT2D eigenvalue weighted by atomic mass is 35.5. The molecule has 0 bridgehead atoms. The van der Waals surface area contributed by atoms with Crippen LogP contribution in [0.15, 0.2) is 30.3 Å². The van der Waals surface area contributed by atoms with E-state index in [9.17, 15) is 0 Å². The van der Waals surface area contributed by atoms with Crippen molar-refractivity contribution in [2.75, 3.05) is 11.1 Å². The zero-order valence-electron chi connectivity index (χ0n) is 10.6. The molecule has 1 saturated carbocycles. The molecule has 0 aliphatic heterocycles. The van der Waals surface area contributed by atoms with E-state index in [2.05, 4.69) is 39.6 Å². The maximum atomic E-state index is 5.97. The topological polar surface area (TPSA) is 63.8 Å². The zero-order valence-corrected chi connectivity index (χ0v) is 11.4. The monoisotopic (exact) mass is 274 g/mol. The van der Waals surface area contributed by atoms with Crippen LogP contribution in [-0.2, 0) is 0 Å². The van der Waals surface area contributed by atoms with Crippen LogP contribution in [0, 0.1) is 6.92 Å². The highest BCUT2D eigenvalue weighted by Crippen LogP contribution is 2.43. The second-order valence-electron chi connectivity index (χ2n) is 4.84. The van der Waals surface area contributed by atoms with Gasteiger partial charge < -0.3 is 11.1 Å². The lowest BCUT2D eigenvalue weighted by molar-refractivity contribution is 1.01. The summed E-state index contributed by atoms with van der Waals surface area (Å²) in [5.74, 6) is 1.16. The summed E-state index contributed by atoms with van der Waals surface area (Å²) in [4.78, 5) is 8.19. The van der Waals surface area contributed by atoms with Gasteiger partial charge in [-0.1, -0.05) is 30.3 Å². The van der Waals surface area contributed by atoms with Crippen LogP contribution < -0.4 is 11.1 Å². The molecule has 1 aromatic heterocycles. The third-order valence-corrected chi connectivity index (χ3v) is 3.62. The van der Waals surface area contributed by atoms with Crippen LogP contribution in [0.5, 0.6) is 0 Å². The fraction of sp³-hybridized carbons (Fsp3) is 0.286. The maximum Gasteiger partial charge on any atom is 0.224 e. The second-order valence-corrected chi connectivity index (χ2v) is 5.18. The minimum Gasteiger partial charge on any atom is -0.394 e. The van der Waals surface area contributed by atoms with Crippen molar-refractivity contribution in [1.29, 1.82) is 0 Å². The van der Waals surface area contributed by atoms with E-state index >= 15 is 0 Å². The van der Waals surface area contributed by atoms with Crippen LogP contribution in [0.2, 0.25) is 5.28 Å². The fourth-order valence-electron chi connectivity index (χ4n) is 2.26. The number of nitrogens with zero attached hydrogens (tertiary/aromatic N) is 2. The van der Waals surface area contributed by atoms with Gasteiger partial charge in [0.25, 0.3) is 0 Å². The number of nitrogens with two attached hydrogens (primary N) is 1. The van der Waals surface area contributed by atoms with Crippen molar-refractivity contribution in [3.63, 3.8) is 0 Å². The summed E-state index contributed by atoms with van der Waals surface area (Å²) in [5, 5.41) is 3.58. The van der Waals surface area contributed by atoms with Crippen molar-refractivity contribution in [3.8, 4) is 0 Å². The van der Waals surface area contributed by atoms with Gasteiger partial charge in [-0.2, -0.15) is 4.98 Å². The molecule has 1 heterocycles. The molecule has 19 heavy (non-hydrogen) atoms. The number of rotatable bonds is 3. The number of aromatic nitrogens is 2. The lowest BCUT2D eigenvalue weighted by atomic mass is 10.1. The standard InChI is InChI=1S/C14H15ClN4/c1-8-12(16)13(19-14(15)17-8)18-11-7-10(11)9-5-3-2-4-6-9/h2-6,10-11H,7,16H2,1H3,(H,17,18,19). The molecule has 0 saturated heterocycles. The van der Waals surface area contributed by atoms with Crippen LogP contribution >= 0.6 is 11.6 Å². The molecular formula is C14H15ClN4. The molecule has 0 radical (unpaired) electrons. The van der Waals surface area contributed by atoms with Gasteiger partial charge in [0, 0.05) is 12.0 Å². The predicted molar refractivity (Wildman–Crippen MR) is 77.4 cm³/mol. The summed E-state index contributed by atoms with van der Waals surface area (Å²) in [6.07, 6.45) is 1.09. The van der Waals surface area contributed by atoms with Gasteiger partial charge in [0.2, 0.25) is 5.28 Å². The van der Waals surface area contributed by atoms with E-state index in [0.29, 0.717) is 29.2 Å². The van der Waals surface area contributed by atoms with Gasteiger partial charge in [-0.15, -0.1) is 0 Å². The van der Waals surface area contributed by atoms with E-state index in [0.717, 1.165) is 6.42 Å². The molecule has 2 aromatic rings. The normalized spacial score (nSPS) is 21.2. The van der Waals surface area contributed by atoms with Crippen LogP contribution in [0.1, 0.15) is 23.6 Å². The van der Waals surface area contributed by atoms with Gasteiger partial charge in [-0.3, -0.25) is 0 Å². The summed E-state index contributed by atoms with van der Waals surface area (Å²) in [6.45, 7) is 1.83. The average Bonchev–Trinajstić information content (AvgIpc) is 3.16. The summed E-state index contributed by atoms with van der Waals surface area (Å²) in [5.41, 5.74) is 8.59. The molecule has 1 aliphatic carbocycles. The molecule has 2 unspecified atom stereocenters. The Morgan fingerprint density at radius 1 is 1.26 bits per heavy atom. The van der Waals surface area contributed by atoms with Crippen molar-refractivity contribution in [1.82, 2.24) is 9.97 Å². The van der Waals surface area contributed by atoms with Crippen molar-refractivity contribution >= 4 is 23.1 Å². The maximum absolute atomic E-state index is 5.97. The van der Waals surface area contributed by atoms with E-state index in [-0.39, 0.29) is 5.28 Å². The number of nitrogen functional groups attached to an aromatic ring is 1.